The van der Waals surface area contributed by atoms with Crippen molar-refractivity contribution < 1.29 is 19.1 Å². The second-order valence-corrected chi connectivity index (χ2v) is 8.66. The van der Waals surface area contributed by atoms with Gasteiger partial charge in [-0.3, -0.25) is 24.4 Å². The lowest BCUT2D eigenvalue weighted by atomic mass is 9.93. The summed E-state index contributed by atoms with van der Waals surface area (Å²) in [5.74, 6) is 0.155. The van der Waals surface area contributed by atoms with Crippen molar-refractivity contribution in [1.82, 2.24) is 25.3 Å². The molecule has 3 fully saturated rings. The molecule has 3 saturated heterocycles. The minimum Gasteiger partial charge on any atom is -0.488 e. The van der Waals surface area contributed by atoms with E-state index in [1.807, 2.05) is 30.1 Å². The van der Waals surface area contributed by atoms with Crippen molar-refractivity contribution in [1.29, 1.82) is 0 Å². The number of imide groups is 1. The number of nitrogens with one attached hydrogen (secondary N) is 2. The Kier molecular flexibility index (Phi) is 5.13. The van der Waals surface area contributed by atoms with E-state index < -0.39 is 5.92 Å². The Morgan fingerprint density at radius 2 is 1.94 bits per heavy atom. The number of ether oxygens (including phenoxy) is 1. The first-order valence-corrected chi connectivity index (χ1v) is 11.0. The normalized spacial score (nSPS) is 23.0. The molecule has 5 rings (SSSR count). The maximum absolute atomic E-state index is 12.4. The summed E-state index contributed by atoms with van der Waals surface area (Å²) in [6.07, 6.45) is 2.40. The number of hydrogen-bond donors (Lipinski definition) is 2. The lowest BCUT2D eigenvalue weighted by Gasteiger charge is -2.37. The van der Waals surface area contributed by atoms with Crippen molar-refractivity contribution in [3.8, 4) is 5.75 Å². The number of carbonyl (C=O) groups is 3. The number of para-hydroxylation sites is 1. The van der Waals surface area contributed by atoms with Crippen LogP contribution in [0.5, 0.6) is 5.75 Å². The van der Waals surface area contributed by atoms with Gasteiger partial charge in [0.25, 0.3) is 0 Å². The topological polar surface area (TPSA) is 106 Å². The van der Waals surface area contributed by atoms with Crippen molar-refractivity contribution in [2.45, 2.75) is 37.7 Å². The number of fused-ring (bicyclic) bond motifs is 1. The van der Waals surface area contributed by atoms with Crippen molar-refractivity contribution in [3.63, 3.8) is 0 Å². The zero-order valence-corrected chi connectivity index (χ0v) is 17.6. The lowest BCUT2D eigenvalue weighted by Crippen LogP contribution is -2.54. The van der Waals surface area contributed by atoms with Gasteiger partial charge in [-0.05, 0) is 12.5 Å². The monoisotopic (exact) mass is 425 g/mol. The first kappa shape index (κ1) is 20.0. The first-order chi connectivity index (χ1) is 15.0. The predicted octanol–water partition coefficient (Wildman–Crippen LogP) is 0.683. The van der Waals surface area contributed by atoms with Gasteiger partial charge in [0.2, 0.25) is 17.7 Å². The molecule has 1 unspecified atom stereocenters. The fourth-order valence-corrected chi connectivity index (χ4v) is 4.73. The second-order valence-electron chi connectivity index (χ2n) is 8.66. The van der Waals surface area contributed by atoms with E-state index in [0.717, 1.165) is 42.6 Å². The average molecular weight is 425 g/mol. The fraction of sp³-hybridized carbons (Fsp3) is 0.545. The first-order valence-electron chi connectivity index (χ1n) is 11.0. The summed E-state index contributed by atoms with van der Waals surface area (Å²) in [7, 11) is 1.85. The molecular weight excluding hydrogens is 398 g/mol. The maximum Gasteiger partial charge on any atom is 0.235 e. The zero-order chi connectivity index (χ0) is 21.5. The highest BCUT2D eigenvalue weighted by Crippen LogP contribution is 2.35. The third-order valence-electron chi connectivity index (χ3n) is 6.60. The van der Waals surface area contributed by atoms with E-state index in [1.54, 1.807) is 4.68 Å². The highest BCUT2D eigenvalue weighted by atomic mass is 16.5. The van der Waals surface area contributed by atoms with Gasteiger partial charge in [-0.25, -0.2) is 0 Å². The molecule has 2 aromatic rings. The fourth-order valence-electron chi connectivity index (χ4n) is 4.73. The highest BCUT2D eigenvalue weighted by molar-refractivity contribution is 6.02. The average Bonchev–Trinajstić information content (AvgIpc) is 3.05. The maximum atomic E-state index is 12.4. The van der Waals surface area contributed by atoms with Gasteiger partial charge < -0.3 is 15.0 Å². The van der Waals surface area contributed by atoms with Crippen LogP contribution in [0.1, 0.15) is 37.3 Å². The Bertz CT molecular complexity index is 1040. The van der Waals surface area contributed by atoms with E-state index in [9.17, 15) is 14.4 Å². The number of aryl methyl sites for hydroxylation is 1. The Morgan fingerprint density at radius 1 is 1.16 bits per heavy atom. The number of hydrogen-bond acceptors (Lipinski definition) is 6. The number of carbonyl (C=O) groups excluding carboxylic acids is 3. The van der Waals surface area contributed by atoms with Crippen molar-refractivity contribution in [3.05, 3.63) is 23.9 Å². The van der Waals surface area contributed by atoms with Gasteiger partial charge in [0, 0.05) is 57.9 Å². The Balaban J connectivity index is 1.32. The predicted molar refractivity (Wildman–Crippen MR) is 112 cm³/mol. The number of benzene rings is 1. The molecule has 0 aliphatic carbocycles. The molecule has 1 atom stereocenters. The molecule has 3 aliphatic heterocycles. The number of piperidine rings is 2. The number of rotatable bonds is 4. The summed E-state index contributed by atoms with van der Waals surface area (Å²) < 4.78 is 8.11. The van der Waals surface area contributed by atoms with E-state index >= 15 is 0 Å². The van der Waals surface area contributed by atoms with Crippen LogP contribution in [0.2, 0.25) is 0 Å². The van der Waals surface area contributed by atoms with Crippen molar-refractivity contribution in [2.75, 3.05) is 26.2 Å². The number of amides is 3. The van der Waals surface area contributed by atoms with E-state index in [2.05, 4.69) is 15.7 Å². The minimum atomic E-state index is -0.438. The molecule has 4 heterocycles. The Morgan fingerprint density at radius 3 is 2.61 bits per heavy atom. The molecule has 9 nitrogen and oxygen atoms in total. The van der Waals surface area contributed by atoms with Crippen LogP contribution in [0.4, 0.5) is 0 Å². The van der Waals surface area contributed by atoms with Crippen LogP contribution >= 0.6 is 0 Å². The molecule has 1 aromatic carbocycles. The second kappa shape index (κ2) is 7.96. The summed E-state index contributed by atoms with van der Waals surface area (Å²) >= 11 is 0. The molecule has 164 valence electrons. The van der Waals surface area contributed by atoms with Gasteiger partial charge in [-0.1, -0.05) is 12.1 Å². The van der Waals surface area contributed by atoms with Gasteiger partial charge in [-0.15, -0.1) is 0 Å². The summed E-state index contributed by atoms with van der Waals surface area (Å²) in [5, 5.41) is 11.1. The summed E-state index contributed by atoms with van der Waals surface area (Å²) in [5.41, 5.74) is 1.53. The molecule has 1 aromatic heterocycles. The SMILES string of the molecule is Cn1nc(C2CCC(=O)NC2=O)c2cccc(OC3CCN(C(=O)C4CNC4)CC3)c21. The van der Waals surface area contributed by atoms with Gasteiger partial charge in [0.05, 0.1) is 17.5 Å². The van der Waals surface area contributed by atoms with Crippen molar-refractivity contribution in [2.24, 2.45) is 13.0 Å². The minimum absolute atomic E-state index is 0.0307. The number of aromatic nitrogens is 2. The zero-order valence-electron chi connectivity index (χ0n) is 17.6. The van der Waals surface area contributed by atoms with Crippen LogP contribution in [-0.4, -0.2) is 64.7 Å². The van der Waals surface area contributed by atoms with Gasteiger partial charge in [0.15, 0.2) is 0 Å². The van der Waals surface area contributed by atoms with Gasteiger partial charge >= 0.3 is 0 Å². The summed E-state index contributed by atoms with van der Waals surface area (Å²) in [6.45, 7) is 2.99. The molecule has 9 heteroatoms. The Hall–Kier alpha value is -2.94. The van der Waals surface area contributed by atoms with Crippen LogP contribution in [-0.2, 0) is 21.4 Å². The third kappa shape index (κ3) is 3.67. The smallest absolute Gasteiger partial charge is 0.235 e. The van der Waals surface area contributed by atoms with Crippen molar-refractivity contribution >= 4 is 28.6 Å². The third-order valence-corrected chi connectivity index (χ3v) is 6.60. The molecule has 3 amide bonds. The van der Waals surface area contributed by atoms with Crippen LogP contribution in [0.3, 0.4) is 0 Å². The van der Waals surface area contributed by atoms with E-state index in [0.29, 0.717) is 31.6 Å². The molecular formula is C22H27N5O4. The molecule has 0 bridgehead atoms. The Labute approximate surface area is 180 Å². The van der Waals surface area contributed by atoms with Crippen LogP contribution in [0, 0.1) is 5.92 Å². The molecule has 3 aliphatic rings. The van der Waals surface area contributed by atoms with Crippen LogP contribution < -0.4 is 15.4 Å². The summed E-state index contributed by atoms with van der Waals surface area (Å²) in [6, 6.07) is 5.79. The van der Waals surface area contributed by atoms with Gasteiger partial charge in [0.1, 0.15) is 17.4 Å². The van der Waals surface area contributed by atoms with Crippen LogP contribution in [0.25, 0.3) is 10.9 Å². The number of nitrogens with zero attached hydrogens (tertiary/aromatic N) is 3. The molecule has 31 heavy (non-hydrogen) atoms. The van der Waals surface area contributed by atoms with E-state index in [1.165, 1.54) is 0 Å². The quantitative estimate of drug-likeness (QED) is 0.698. The molecule has 0 radical (unpaired) electrons. The molecule has 0 spiro atoms. The van der Waals surface area contributed by atoms with Gasteiger partial charge in [-0.2, -0.15) is 5.10 Å². The van der Waals surface area contributed by atoms with Crippen LogP contribution in [0.15, 0.2) is 18.2 Å². The largest absolute Gasteiger partial charge is 0.488 e. The highest BCUT2D eigenvalue weighted by Gasteiger charge is 2.34. The molecule has 0 saturated carbocycles. The van der Waals surface area contributed by atoms with E-state index in [4.69, 9.17) is 4.74 Å². The lowest BCUT2D eigenvalue weighted by molar-refractivity contribution is -0.139. The number of likely N-dealkylation sites (tertiary alicyclic amines) is 1. The standard InChI is InChI=1S/C22H27N5O4/c1-26-20-15(19(25-26)16-5-6-18(28)24-21(16)29)3-2-4-17(20)31-14-7-9-27(10-8-14)22(30)13-11-23-12-13/h2-4,13-14,16,23H,5-12H2,1H3,(H,24,28,29). The molecule has 2 N–H and O–H groups in total. The van der Waals surface area contributed by atoms with E-state index in [-0.39, 0.29) is 29.7 Å². The summed E-state index contributed by atoms with van der Waals surface area (Å²) in [4.78, 5) is 38.3.